The normalized spacial score (nSPS) is 12.1. The maximum Gasteiger partial charge on any atom is 0.162 e. The molecule has 4 aromatic carbocycles. The Balaban J connectivity index is 0.000000209. The number of fused-ring (bicyclic) bond motifs is 5. The number of aliphatic hydroxyl groups is 1. The molecule has 0 fully saturated rings. The number of para-hydroxylation sites is 1. The number of hydrogen-bond donors (Lipinski definition) is 1. The topological polar surface area (TPSA) is 76.5 Å². The van der Waals surface area contributed by atoms with Gasteiger partial charge in [-0.2, -0.15) is 0 Å². The zero-order valence-electron chi connectivity index (χ0n) is 25.4. The molecule has 0 saturated heterocycles. The number of carbonyl (C=O) groups is 1. The Labute approximate surface area is 270 Å². The Kier molecular flexibility index (Phi) is 9.53. The quantitative estimate of drug-likeness (QED) is 0.0994. The predicted molar refractivity (Wildman–Crippen MR) is 177 cm³/mol. The molecule has 1 radical (unpaired) electrons. The molecular weight excluding hydrogens is 727 g/mol. The van der Waals surface area contributed by atoms with Crippen LogP contribution in [0.1, 0.15) is 53.4 Å². The second kappa shape index (κ2) is 13.3. The predicted octanol–water partition coefficient (Wildman–Crippen LogP) is 10.9. The molecule has 3 heterocycles. The zero-order chi connectivity index (χ0) is 30.1. The van der Waals surface area contributed by atoms with Crippen LogP contribution in [0.15, 0.2) is 93.5 Å². The Morgan fingerprint density at radius 1 is 0.818 bits per heavy atom. The molecule has 7 rings (SSSR count). The van der Waals surface area contributed by atoms with Crippen molar-refractivity contribution in [2.24, 2.45) is 11.8 Å². The van der Waals surface area contributed by atoms with Gasteiger partial charge in [0.15, 0.2) is 5.78 Å². The summed E-state index contributed by atoms with van der Waals surface area (Å²) in [6, 6.07) is 27.9. The molecule has 0 atom stereocenters. The summed E-state index contributed by atoms with van der Waals surface area (Å²) >= 11 is 0. The fourth-order valence-electron chi connectivity index (χ4n) is 6.05. The Morgan fingerprint density at radius 2 is 1.48 bits per heavy atom. The van der Waals surface area contributed by atoms with Crippen molar-refractivity contribution in [1.82, 2.24) is 4.98 Å². The summed E-state index contributed by atoms with van der Waals surface area (Å²) in [4.78, 5) is 16.7. The summed E-state index contributed by atoms with van der Waals surface area (Å²) in [6.45, 7) is 8.07. The Bertz CT molecular complexity index is 2130. The van der Waals surface area contributed by atoms with Crippen LogP contribution >= 0.6 is 0 Å². The first-order chi connectivity index (χ1) is 21.0. The summed E-state index contributed by atoms with van der Waals surface area (Å²) < 4.78 is 12.7. The molecule has 0 aliphatic heterocycles. The number of ketones is 1. The van der Waals surface area contributed by atoms with E-state index in [4.69, 9.17) is 13.8 Å². The van der Waals surface area contributed by atoms with Gasteiger partial charge in [-0.25, -0.2) is 0 Å². The first kappa shape index (κ1) is 31.4. The molecule has 6 heteroatoms. The maximum atomic E-state index is 11.7. The van der Waals surface area contributed by atoms with Crippen LogP contribution in [-0.2, 0) is 24.9 Å². The number of aliphatic hydroxyl groups excluding tert-OH is 1. The van der Waals surface area contributed by atoms with Crippen molar-refractivity contribution in [3.8, 4) is 0 Å². The Hall–Kier alpha value is -3.99. The van der Waals surface area contributed by atoms with Crippen molar-refractivity contribution >= 4 is 71.5 Å². The molecule has 0 unspecified atom stereocenters. The molecule has 1 N–H and O–H groups in total. The van der Waals surface area contributed by atoms with Crippen LogP contribution in [0.25, 0.3) is 65.7 Å². The van der Waals surface area contributed by atoms with E-state index in [2.05, 4.69) is 30.3 Å². The third-order valence-electron chi connectivity index (χ3n) is 8.59. The monoisotopic (exact) mass is 763 g/mol. The van der Waals surface area contributed by atoms with E-state index in [0.29, 0.717) is 0 Å². The number of rotatable bonds is 7. The van der Waals surface area contributed by atoms with E-state index in [1.807, 2.05) is 76.2 Å². The van der Waals surface area contributed by atoms with Gasteiger partial charge in [0.2, 0.25) is 0 Å². The maximum absolute atomic E-state index is 11.7. The van der Waals surface area contributed by atoms with Gasteiger partial charge in [0, 0.05) is 54.3 Å². The van der Waals surface area contributed by atoms with E-state index in [1.165, 1.54) is 6.08 Å². The van der Waals surface area contributed by atoms with Gasteiger partial charge in [0.25, 0.3) is 0 Å². The molecule has 0 saturated carbocycles. The van der Waals surface area contributed by atoms with Crippen LogP contribution in [0.5, 0.6) is 0 Å². The number of aromatic nitrogens is 1. The van der Waals surface area contributed by atoms with Crippen LogP contribution in [0.2, 0.25) is 0 Å². The van der Waals surface area contributed by atoms with Crippen molar-refractivity contribution in [3.63, 3.8) is 0 Å². The van der Waals surface area contributed by atoms with Gasteiger partial charge >= 0.3 is 0 Å². The first-order valence-corrected chi connectivity index (χ1v) is 15.3. The number of hydrogen-bond acceptors (Lipinski definition) is 5. The summed E-state index contributed by atoms with van der Waals surface area (Å²) in [7, 11) is 0. The minimum Gasteiger partial charge on any atom is -0.512 e. The fourth-order valence-corrected chi connectivity index (χ4v) is 6.05. The minimum atomic E-state index is 0. The van der Waals surface area contributed by atoms with Crippen molar-refractivity contribution in [3.05, 3.63) is 90.7 Å². The number of pyridine rings is 1. The van der Waals surface area contributed by atoms with Gasteiger partial charge < -0.3 is 13.9 Å². The first-order valence-electron chi connectivity index (χ1n) is 15.3. The van der Waals surface area contributed by atoms with E-state index in [0.717, 1.165) is 91.4 Å². The number of carbonyl (C=O) groups excluding carboxylic acids is 1. The van der Waals surface area contributed by atoms with Crippen LogP contribution in [0, 0.1) is 17.9 Å². The number of allylic oxidation sites excluding steroid dienone is 2. The van der Waals surface area contributed by atoms with Crippen molar-refractivity contribution in [2.75, 3.05) is 0 Å². The second-order valence-electron chi connectivity index (χ2n) is 11.1. The summed E-state index contributed by atoms with van der Waals surface area (Å²) in [5.74, 6) is 0.547. The third-order valence-corrected chi connectivity index (χ3v) is 8.59. The second-order valence-corrected chi connectivity index (χ2v) is 11.1. The molecule has 227 valence electrons. The molecule has 7 aromatic rings. The van der Waals surface area contributed by atoms with Crippen molar-refractivity contribution < 1.29 is 38.8 Å². The van der Waals surface area contributed by atoms with Gasteiger partial charge in [-0.1, -0.05) is 75.5 Å². The molecule has 3 aromatic heterocycles. The molecular formula is C38H36IrNO4-. The minimum absolute atomic E-state index is 0. The van der Waals surface area contributed by atoms with E-state index >= 15 is 0 Å². The number of furan rings is 1. The van der Waals surface area contributed by atoms with Gasteiger partial charge in [-0.15, -0.1) is 17.5 Å². The van der Waals surface area contributed by atoms with Gasteiger partial charge in [0.1, 0.15) is 16.7 Å². The van der Waals surface area contributed by atoms with Crippen LogP contribution in [0.3, 0.4) is 0 Å². The SMILES string of the molecule is CCC(CC)C(=O)/C=C(\O)C(CC)CC.[Ir].[c-]1c2ccccc2c2oc3cccc4oc5cc6ccccc6nc5c1c2c43. The fraction of sp³-hybridized carbons (Fsp3) is 0.263. The number of nitrogens with zero attached hydrogens (tertiary/aromatic N) is 1. The largest absolute Gasteiger partial charge is 0.512 e. The van der Waals surface area contributed by atoms with E-state index in [9.17, 15) is 9.90 Å². The molecule has 0 spiro atoms. The molecule has 0 aliphatic carbocycles. The van der Waals surface area contributed by atoms with Gasteiger partial charge in [-0.3, -0.25) is 9.78 Å². The van der Waals surface area contributed by atoms with E-state index < -0.39 is 0 Å². The molecule has 0 amide bonds. The molecule has 5 nitrogen and oxygen atoms in total. The van der Waals surface area contributed by atoms with Gasteiger partial charge in [-0.05, 0) is 60.7 Å². The summed E-state index contributed by atoms with van der Waals surface area (Å²) in [5.41, 5.74) is 4.94. The van der Waals surface area contributed by atoms with E-state index in [1.54, 1.807) is 0 Å². The van der Waals surface area contributed by atoms with Crippen LogP contribution < -0.4 is 0 Å². The van der Waals surface area contributed by atoms with E-state index in [-0.39, 0.29) is 43.5 Å². The number of benzene rings is 4. The molecule has 0 bridgehead atoms. The van der Waals surface area contributed by atoms with Crippen LogP contribution in [0.4, 0.5) is 0 Å². The molecule has 0 aliphatic rings. The van der Waals surface area contributed by atoms with Gasteiger partial charge in [0.05, 0.1) is 16.9 Å². The summed E-state index contributed by atoms with van der Waals surface area (Å²) in [6.07, 6.45) is 4.91. The third kappa shape index (κ3) is 5.65. The smallest absolute Gasteiger partial charge is 0.162 e. The van der Waals surface area contributed by atoms with Crippen molar-refractivity contribution in [1.29, 1.82) is 0 Å². The summed E-state index contributed by atoms with van der Waals surface area (Å²) in [5, 5.41) is 15.8. The standard InChI is InChI=1S/C25H12NO2.C13H24O2.Ir/c1-3-8-16-14(6-1)12-17-22-23-19(10-5-11-20(23)28-25(16)22)27-21-13-15-7-2-4-9-18(15)26-24(17)21;1-5-10(6-2)12(14)9-13(15)11(7-3)8-4;/h1-11,13H;9-11,14H,5-8H2,1-4H3;/q-1;;/b;12-9-;. The van der Waals surface area contributed by atoms with Crippen molar-refractivity contribution in [2.45, 2.75) is 53.4 Å². The Morgan fingerprint density at radius 3 is 2.20 bits per heavy atom. The average molecular weight is 763 g/mol. The van der Waals surface area contributed by atoms with Crippen LogP contribution in [-0.4, -0.2) is 15.9 Å². The zero-order valence-corrected chi connectivity index (χ0v) is 27.8. The molecule has 44 heavy (non-hydrogen) atoms. The average Bonchev–Trinajstić information content (AvgIpc) is 3.37.